The highest BCUT2D eigenvalue weighted by Crippen LogP contribution is 2.22. The molecule has 2 fully saturated rings. The molecule has 1 aromatic rings. The van der Waals surface area contributed by atoms with Gasteiger partial charge in [0.2, 0.25) is 5.91 Å². The summed E-state index contributed by atoms with van der Waals surface area (Å²) in [6.07, 6.45) is 5.48. The molecule has 3 heterocycles. The molecule has 0 spiro atoms. The van der Waals surface area contributed by atoms with Gasteiger partial charge in [-0.15, -0.1) is 0 Å². The minimum absolute atomic E-state index is 0.0753. The maximum Gasteiger partial charge on any atom is 0.225 e. The second-order valence-corrected chi connectivity index (χ2v) is 6.75. The number of piperazine rings is 1. The first-order chi connectivity index (χ1) is 11.1. The van der Waals surface area contributed by atoms with E-state index >= 15 is 0 Å². The quantitative estimate of drug-likeness (QED) is 0.850. The zero-order valence-corrected chi connectivity index (χ0v) is 14.2. The highest BCUT2D eigenvalue weighted by atomic mass is 16.2. The minimum atomic E-state index is 0.0753. The van der Waals surface area contributed by atoms with Gasteiger partial charge in [0.1, 0.15) is 18.0 Å². The van der Waals surface area contributed by atoms with Gasteiger partial charge in [0.05, 0.1) is 0 Å². The number of hydrogen-bond donors (Lipinski definition) is 0. The zero-order chi connectivity index (χ0) is 16.2. The van der Waals surface area contributed by atoms with Crippen LogP contribution >= 0.6 is 0 Å². The predicted molar refractivity (Wildman–Crippen MR) is 91.7 cm³/mol. The lowest BCUT2D eigenvalue weighted by Crippen LogP contribution is -2.50. The summed E-state index contributed by atoms with van der Waals surface area (Å²) in [6, 6.07) is 2.10. The van der Waals surface area contributed by atoms with Gasteiger partial charge >= 0.3 is 0 Å². The molecule has 2 saturated heterocycles. The van der Waals surface area contributed by atoms with Crippen LogP contribution < -0.4 is 9.80 Å². The van der Waals surface area contributed by atoms with E-state index in [0.717, 1.165) is 50.9 Å². The molecule has 126 valence electrons. The van der Waals surface area contributed by atoms with E-state index in [1.165, 1.54) is 19.3 Å². The van der Waals surface area contributed by atoms with E-state index in [9.17, 15) is 4.79 Å². The molecule has 0 atom stereocenters. The highest BCUT2D eigenvalue weighted by molar-refractivity contribution is 5.78. The van der Waals surface area contributed by atoms with Gasteiger partial charge in [-0.05, 0) is 19.3 Å². The summed E-state index contributed by atoms with van der Waals surface area (Å²) in [7, 11) is 0. The maximum atomic E-state index is 12.1. The lowest BCUT2D eigenvalue weighted by atomic mass is 10.1. The number of carbonyl (C=O) groups is 1. The van der Waals surface area contributed by atoms with Gasteiger partial charge in [-0.3, -0.25) is 4.79 Å². The lowest BCUT2D eigenvalue weighted by Gasteiger charge is -2.36. The molecule has 2 aliphatic rings. The van der Waals surface area contributed by atoms with E-state index in [2.05, 4.69) is 25.8 Å². The standard InChI is InChI=1S/C17H27N5O/c1-14(2)17(23)22-10-8-21(9-11-22)16-12-15(18-13-19-16)20-6-4-3-5-7-20/h12-14H,3-11H2,1-2H3. The Hall–Kier alpha value is -1.85. The van der Waals surface area contributed by atoms with E-state index in [4.69, 9.17) is 0 Å². The topological polar surface area (TPSA) is 52.6 Å². The molecule has 23 heavy (non-hydrogen) atoms. The second kappa shape index (κ2) is 7.15. The summed E-state index contributed by atoms with van der Waals surface area (Å²) < 4.78 is 0. The number of piperidine rings is 1. The van der Waals surface area contributed by atoms with Crippen LogP contribution in [-0.4, -0.2) is 60.0 Å². The number of rotatable bonds is 3. The van der Waals surface area contributed by atoms with Gasteiger partial charge in [0.15, 0.2) is 0 Å². The number of amides is 1. The number of nitrogens with zero attached hydrogens (tertiary/aromatic N) is 5. The van der Waals surface area contributed by atoms with Crippen LogP contribution in [0.2, 0.25) is 0 Å². The van der Waals surface area contributed by atoms with Crippen molar-refractivity contribution in [2.24, 2.45) is 5.92 Å². The zero-order valence-electron chi connectivity index (χ0n) is 14.2. The third-order valence-electron chi connectivity index (χ3n) is 4.73. The van der Waals surface area contributed by atoms with Crippen molar-refractivity contribution in [1.82, 2.24) is 14.9 Å². The molecule has 0 aliphatic carbocycles. The second-order valence-electron chi connectivity index (χ2n) is 6.75. The van der Waals surface area contributed by atoms with E-state index in [1.54, 1.807) is 6.33 Å². The van der Waals surface area contributed by atoms with Crippen molar-refractivity contribution in [1.29, 1.82) is 0 Å². The Morgan fingerprint density at radius 2 is 1.48 bits per heavy atom. The van der Waals surface area contributed by atoms with Crippen LogP contribution in [0.3, 0.4) is 0 Å². The van der Waals surface area contributed by atoms with Crippen molar-refractivity contribution in [3.8, 4) is 0 Å². The van der Waals surface area contributed by atoms with Crippen molar-refractivity contribution in [3.05, 3.63) is 12.4 Å². The smallest absolute Gasteiger partial charge is 0.225 e. The van der Waals surface area contributed by atoms with Crippen LogP contribution in [0.5, 0.6) is 0 Å². The Morgan fingerprint density at radius 1 is 0.913 bits per heavy atom. The van der Waals surface area contributed by atoms with Crippen molar-refractivity contribution in [2.75, 3.05) is 49.1 Å². The molecule has 0 aromatic carbocycles. The van der Waals surface area contributed by atoms with Crippen molar-refractivity contribution < 1.29 is 4.79 Å². The van der Waals surface area contributed by atoms with Gasteiger partial charge in [-0.1, -0.05) is 13.8 Å². The van der Waals surface area contributed by atoms with E-state index in [0.29, 0.717) is 0 Å². The summed E-state index contributed by atoms with van der Waals surface area (Å²) >= 11 is 0. The van der Waals surface area contributed by atoms with E-state index < -0.39 is 0 Å². The van der Waals surface area contributed by atoms with E-state index in [-0.39, 0.29) is 11.8 Å². The Morgan fingerprint density at radius 3 is 2.04 bits per heavy atom. The summed E-state index contributed by atoms with van der Waals surface area (Å²) in [4.78, 5) is 27.6. The van der Waals surface area contributed by atoms with Crippen LogP contribution in [0.25, 0.3) is 0 Å². The van der Waals surface area contributed by atoms with Gasteiger partial charge in [0.25, 0.3) is 0 Å². The molecule has 6 nitrogen and oxygen atoms in total. The van der Waals surface area contributed by atoms with Crippen LogP contribution in [0.1, 0.15) is 33.1 Å². The van der Waals surface area contributed by atoms with Crippen molar-refractivity contribution in [3.63, 3.8) is 0 Å². The molecule has 1 amide bonds. The van der Waals surface area contributed by atoms with Gasteiger partial charge in [0, 0.05) is 51.3 Å². The maximum absolute atomic E-state index is 12.1. The molecule has 2 aliphatic heterocycles. The van der Waals surface area contributed by atoms with Crippen molar-refractivity contribution >= 4 is 17.5 Å². The third kappa shape index (κ3) is 3.74. The average Bonchev–Trinajstić information content (AvgIpc) is 2.62. The molecule has 0 bridgehead atoms. The van der Waals surface area contributed by atoms with Crippen LogP contribution in [0.15, 0.2) is 12.4 Å². The monoisotopic (exact) mass is 317 g/mol. The Labute approximate surface area is 138 Å². The van der Waals surface area contributed by atoms with Crippen molar-refractivity contribution in [2.45, 2.75) is 33.1 Å². The first-order valence-electron chi connectivity index (χ1n) is 8.76. The summed E-state index contributed by atoms with van der Waals surface area (Å²) in [5.41, 5.74) is 0. The predicted octanol–water partition coefficient (Wildman–Crippen LogP) is 1.77. The highest BCUT2D eigenvalue weighted by Gasteiger charge is 2.24. The van der Waals surface area contributed by atoms with Gasteiger partial charge in [-0.25, -0.2) is 9.97 Å². The Balaban J connectivity index is 1.63. The first kappa shape index (κ1) is 16.0. The number of hydrogen-bond acceptors (Lipinski definition) is 5. The Bertz CT molecular complexity index is 534. The molecule has 0 unspecified atom stereocenters. The van der Waals surface area contributed by atoms with Gasteiger partial charge in [-0.2, -0.15) is 0 Å². The average molecular weight is 317 g/mol. The first-order valence-corrected chi connectivity index (χ1v) is 8.76. The van der Waals surface area contributed by atoms with Crippen LogP contribution in [0.4, 0.5) is 11.6 Å². The summed E-state index contributed by atoms with van der Waals surface area (Å²) in [6.45, 7) is 9.35. The number of aromatic nitrogens is 2. The molecule has 0 radical (unpaired) electrons. The summed E-state index contributed by atoms with van der Waals surface area (Å²) in [5.74, 6) is 2.35. The van der Waals surface area contributed by atoms with Gasteiger partial charge < -0.3 is 14.7 Å². The fourth-order valence-corrected chi connectivity index (χ4v) is 3.33. The molecular weight excluding hydrogens is 290 g/mol. The summed E-state index contributed by atoms with van der Waals surface area (Å²) in [5, 5.41) is 0. The lowest BCUT2D eigenvalue weighted by molar-refractivity contribution is -0.134. The molecule has 3 rings (SSSR count). The third-order valence-corrected chi connectivity index (χ3v) is 4.73. The minimum Gasteiger partial charge on any atom is -0.356 e. The molecule has 6 heteroatoms. The fraction of sp³-hybridized carbons (Fsp3) is 0.706. The fourth-order valence-electron chi connectivity index (χ4n) is 3.33. The Kier molecular flexibility index (Phi) is 4.98. The molecular formula is C17H27N5O. The molecule has 1 aromatic heterocycles. The number of anilines is 2. The SMILES string of the molecule is CC(C)C(=O)N1CCN(c2cc(N3CCCCC3)ncn2)CC1. The van der Waals surface area contributed by atoms with Crippen LogP contribution in [-0.2, 0) is 4.79 Å². The van der Waals surface area contributed by atoms with E-state index in [1.807, 2.05) is 18.7 Å². The number of carbonyl (C=O) groups excluding carboxylic acids is 1. The normalized spacial score (nSPS) is 19.3. The largest absolute Gasteiger partial charge is 0.356 e. The van der Waals surface area contributed by atoms with Crippen LogP contribution in [0, 0.1) is 5.92 Å². The molecule has 0 saturated carbocycles. The molecule has 0 N–H and O–H groups in total.